The van der Waals surface area contributed by atoms with Gasteiger partial charge in [-0.2, -0.15) is 4.98 Å². The van der Waals surface area contributed by atoms with Gasteiger partial charge in [-0.25, -0.2) is 9.97 Å². The average Bonchev–Trinajstić information content (AvgIpc) is 3.00. The zero-order valence-corrected chi connectivity index (χ0v) is 14.5. The third-order valence-electron chi connectivity index (χ3n) is 4.35. The number of hydrogen-bond donors (Lipinski definition) is 3. The minimum Gasteiger partial charge on any atom is -0.396 e. The molecular formula is C16H22ClN5O2. The molecule has 130 valence electrons. The Labute approximate surface area is 145 Å². The molecule has 0 saturated carbocycles. The molecule has 0 saturated heterocycles. The molecule has 0 aliphatic heterocycles. The largest absolute Gasteiger partial charge is 0.396 e. The summed E-state index contributed by atoms with van der Waals surface area (Å²) in [7, 11) is 0. The monoisotopic (exact) mass is 351 g/mol. The summed E-state index contributed by atoms with van der Waals surface area (Å²) in [5.74, 6) is 2.19. The van der Waals surface area contributed by atoms with Gasteiger partial charge < -0.3 is 20.5 Å². The Morgan fingerprint density at radius 1 is 1.50 bits per heavy atom. The summed E-state index contributed by atoms with van der Waals surface area (Å²) >= 11 is 6.65. The molecule has 8 heteroatoms. The number of halogens is 1. The molecule has 7 nitrogen and oxygen atoms in total. The van der Waals surface area contributed by atoms with Crippen LogP contribution in [0.2, 0.25) is 0 Å². The van der Waals surface area contributed by atoms with E-state index in [9.17, 15) is 10.2 Å². The molecule has 24 heavy (non-hydrogen) atoms. The molecule has 2 aromatic heterocycles. The fraction of sp³-hybridized carbons (Fsp3) is 0.562. The lowest BCUT2D eigenvalue weighted by molar-refractivity contribution is 0.0327. The Kier molecular flexibility index (Phi) is 5.65. The third-order valence-corrected chi connectivity index (χ3v) is 5.00. The Hall–Kier alpha value is -1.88. The second-order valence-electron chi connectivity index (χ2n) is 5.85. The highest BCUT2D eigenvalue weighted by molar-refractivity contribution is 6.27. The SMILES string of the molecule is C#CC(Cl)(C(O)C(CO)CCC)C(C)n1cnc2cnc(N)nc21. The number of terminal acetylenes is 1. The lowest BCUT2D eigenvalue weighted by Gasteiger charge is -2.37. The number of nitrogens with zero attached hydrogens (tertiary/aromatic N) is 4. The molecule has 2 heterocycles. The molecule has 0 fully saturated rings. The number of fused-ring (bicyclic) bond motifs is 1. The Morgan fingerprint density at radius 3 is 2.79 bits per heavy atom. The minimum absolute atomic E-state index is 0.108. The number of aliphatic hydroxyl groups is 2. The summed E-state index contributed by atoms with van der Waals surface area (Å²) in [4.78, 5) is 10.9. The van der Waals surface area contributed by atoms with Crippen LogP contribution < -0.4 is 5.73 Å². The van der Waals surface area contributed by atoms with Gasteiger partial charge in [-0.1, -0.05) is 30.9 Å². The predicted molar refractivity (Wildman–Crippen MR) is 93.4 cm³/mol. The fourth-order valence-corrected chi connectivity index (χ4v) is 3.12. The summed E-state index contributed by atoms with van der Waals surface area (Å²) in [6.07, 6.45) is 9.03. The van der Waals surface area contributed by atoms with Crippen LogP contribution in [-0.2, 0) is 0 Å². The number of aliphatic hydroxyl groups excluding tert-OH is 2. The minimum atomic E-state index is -1.43. The summed E-state index contributed by atoms with van der Waals surface area (Å²) in [5, 5.41) is 20.3. The van der Waals surface area contributed by atoms with Crippen LogP contribution in [0.4, 0.5) is 5.95 Å². The molecule has 0 spiro atoms. The maximum absolute atomic E-state index is 10.7. The number of hydrogen-bond acceptors (Lipinski definition) is 6. The van der Waals surface area contributed by atoms with Gasteiger partial charge in [-0.05, 0) is 13.3 Å². The van der Waals surface area contributed by atoms with Crippen molar-refractivity contribution < 1.29 is 10.2 Å². The standard InChI is InChI=1S/C16H22ClN5O2/c1-4-6-11(8-23)13(24)16(17,5-2)10(3)22-9-20-12-7-19-15(18)21-14(12)22/h2,7,9-11,13,23-24H,4,6,8H2,1,3H3,(H2,18,19,21). The van der Waals surface area contributed by atoms with E-state index < -0.39 is 22.9 Å². The van der Waals surface area contributed by atoms with Gasteiger partial charge in [0.05, 0.1) is 24.7 Å². The number of rotatable bonds is 7. The number of aromatic nitrogens is 4. The summed E-state index contributed by atoms with van der Waals surface area (Å²) in [6.45, 7) is 3.54. The zero-order valence-electron chi connectivity index (χ0n) is 13.7. The van der Waals surface area contributed by atoms with E-state index >= 15 is 0 Å². The van der Waals surface area contributed by atoms with Crippen LogP contribution >= 0.6 is 11.6 Å². The third kappa shape index (κ3) is 3.18. The molecule has 0 radical (unpaired) electrons. The van der Waals surface area contributed by atoms with Crippen LogP contribution in [0.3, 0.4) is 0 Å². The van der Waals surface area contributed by atoms with E-state index in [0.717, 1.165) is 6.42 Å². The van der Waals surface area contributed by atoms with Crippen molar-refractivity contribution in [1.82, 2.24) is 19.5 Å². The van der Waals surface area contributed by atoms with E-state index in [1.54, 1.807) is 17.8 Å². The highest BCUT2D eigenvalue weighted by Crippen LogP contribution is 2.38. The highest BCUT2D eigenvalue weighted by atomic mass is 35.5. The second kappa shape index (κ2) is 7.34. The van der Waals surface area contributed by atoms with Crippen LogP contribution in [0.15, 0.2) is 12.5 Å². The van der Waals surface area contributed by atoms with Crippen LogP contribution in [0.5, 0.6) is 0 Å². The van der Waals surface area contributed by atoms with Crippen LogP contribution in [0.1, 0.15) is 32.7 Å². The molecule has 0 aliphatic rings. The average molecular weight is 352 g/mol. The van der Waals surface area contributed by atoms with Crippen molar-refractivity contribution in [3.8, 4) is 12.3 Å². The normalized spacial score (nSPS) is 17.8. The Balaban J connectivity index is 2.44. The molecule has 0 amide bonds. The van der Waals surface area contributed by atoms with Crippen LogP contribution in [0.25, 0.3) is 11.2 Å². The van der Waals surface area contributed by atoms with E-state index in [1.165, 1.54) is 6.20 Å². The molecule has 0 aromatic carbocycles. The molecule has 0 bridgehead atoms. The molecule has 4 unspecified atom stereocenters. The summed E-state index contributed by atoms with van der Waals surface area (Å²) in [5.41, 5.74) is 6.68. The van der Waals surface area contributed by atoms with Crippen molar-refractivity contribution in [2.24, 2.45) is 5.92 Å². The smallest absolute Gasteiger partial charge is 0.222 e. The first-order valence-electron chi connectivity index (χ1n) is 7.79. The highest BCUT2D eigenvalue weighted by Gasteiger charge is 2.44. The van der Waals surface area contributed by atoms with E-state index in [1.807, 2.05) is 6.92 Å². The van der Waals surface area contributed by atoms with Crippen molar-refractivity contribution in [2.75, 3.05) is 12.3 Å². The molecule has 2 aromatic rings. The topological polar surface area (TPSA) is 110 Å². The van der Waals surface area contributed by atoms with E-state index in [-0.39, 0.29) is 12.6 Å². The van der Waals surface area contributed by atoms with E-state index in [4.69, 9.17) is 23.8 Å². The number of imidazole rings is 1. The van der Waals surface area contributed by atoms with Gasteiger partial charge in [0.2, 0.25) is 5.95 Å². The quantitative estimate of drug-likeness (QED) is 0.513. The number of nitrogen functional groups attached to an aromatic ring is 1. The maximum atomic E-state index is 10.7. The lowest BCUT2D eigenvalue weighted by atomic mass is 9.84. The Morgan fingerprint density at radius 2 is 2.21 bits per heavy atom. The van der Waals surface area contributed by atoms with Crippen molar-refractivity contribution in [3.05, 3.63) is 12.5 Å². The molecule has 0 aliphatic carbocycles. The fourth-order valence-electron chi connectivity index (χ4n) is 2.84. The second-order valence-corrected chi connectivity index (χ2v) is 6.48. The molecule has 4 N–H and O–H groups in total. The lowest BCUT2D eigenvalue weighted by Crippen LogP contribution is -2.47. The van der Waals surface area contributed by atoms with Crippen LogP contribution in [-0.4, -0.2) is 47.3 Å². The number of nitrogens with two attached hydrogens (primary N) is 1. The van der Waals surface area contributed by atoms with Crippen molar-refractivity contribution in [1.29, 1.82) is 0 Å². The van der Waals surface area contributed by atoms with Crippen molar-refractivity contribution >= 4 is 28.7 Å². The van der Waals surface area contributed by atoms with Gasteiger partial charge in [-0.15, -0.1) is 6.42 Å². The van der Waals surface area contributed by atoms with Gasteiger partial charge in [0, 0.05) is 12.5 Å². The van der Waals surface area contributed by atoms with Crippen molar-refractivity contribution in [3.63, 3.8) is 0 Å². The zero-order chi connectivity index (χ0) is 17.9. The summed E-state index contributed by atoms with van der Waals surface area (Å²) in [6, 6.07) is -0.538. The first-order valence-corrected chi connectivity index (χ1v) is 8.17. The first-order chi connectivity index (χ1) is 11.4. The van der Waals surface area contributed by atoms with Gasteiger partial charge in [0.1, 0.15) is 5.52 Å². The predicted octanol–water partition coefficient (Wildman–Crippen LogP) is 1.35. The van der Waals surface area contributed by atoms with Gasteiger partial charge in [-0.3, -0.25) is 0 Å². The summed E-state index contributed by atoms with van der Waals surface area (Å²) < 4.78 is 1.67. The van der Waals surface area contributed by atoms with E-state index in [2.05, 4.69) is 20.9 Å². The van der Waals surface area contributed by atoms with Gasteiger partial charge >= 0.3 is 0 Å². The molecular weight excluding hydrogens is 330 g/mol. The van der Waals surface area contributed by atoms with Crippen LogP contribution in [0, 0.1) is 18.3 Å². The molecule has 4 atom stereocenters. The molecule has 2 rings (SSSR count). The first kappa shape index (κ1) is 18.5. The number of alkyl halides is 1. The van der Waals surface area contributed by atoms with E-state index in [0.29, 0.717) is 17.6 Å². The number of anilines is 1. The van der Waals surface area contributed by atoms with Gasteiger partial charge in [0.15, 0.2) is 10.5 Å². The maximum Gasteiger partial charge on any atom is 0.222 e. The van der Waals surface area contributed by atoms with Gasteiger partial charge in [0.25, 0.3) is 0 Å². The Bertz CT molecular complexity index is 744. The van der Waals surface area contributed by atoms with Crippen molar-refractivity contribution in [2.45, 2.75) is 43.7 Å².